The van der Waals surface area contributed by atoms with Crippen LogP contribution in [0.1, 0.15) is 25.7 Å². The van der Waals surface area contributed by atoms with Gasteiger partial charge in [0.05, 0.1) is 11.5 Å². The smallest absolute Gasteiger partial charge is 0.252 e. The van der Waals surface area contributed by atoms with E-state index in [1.165, 1.54) is 9.75 Å². The molecule has 0 saturated carbocycles. The number of nitrogens with one attached hydrogen (secondary N) is 2. The summed E-state index contributed by atoms with van der Waals surface area (Å²) in [4.78, 5) is 28.7. The van der Waals surface area contributed by atoms with Gasteiger partial charge in [-0.05, 0) is 59.5 Å². The van der Waals surface area contributed by atoms with Gasteiger partial charge in [-0.1, -0.05) is 36.9 Å². The fourth-order valence-electron chi connectivity index (χ4n) is 4.53. The van der Waals surface area contributed by atoms with Crippen LogP contribution in [0.2, 0.25) is 0 Å². The first kappa shape index (κ1) is 23.3. The molecular weight excluding hydrogens is 476 g/mol. The molecule has 5 rings (SSSR count). The molecule has 0 spiro atoms. The highest BCUT2D eigenvalue weighted by Crippen LogP contribution is 2.45. The number of carbonyl (C=O) groups excluding carboxylic acids is 2. The van der Waals surface area contributed by atoms with Crippen molar-refractivity contribution in [2.24, 2.45) is 5.92 Å². The molecule has 2 aromatic heterocycles. The van der Waals surface area contributed by atoms with Crippen molar-refractivity contribution in [3.63, 3.8) is 0 Å². The first-order valence-electron chi connectivity index (χ1n) is 11.6. The van der Waals surface area contributed by atoms with Crippen LogP contribution in [-0.2, 0) is 17.6 Å². The summed E-state index contributed by atoms with van der Waals surface area (Å²) in [7, 11) is 0. The van der Waals surface area contributed by atoms with Crippen LogP contribution in [0.25, 0.3) is 5.57 Å². The molecule has 2 aliphatic rings. The monoisotopic (exact) mass is 502 g/mol. The van der Waals surface area contributed by atoms with E-state index in [0.717, 1.165) is 18.4 Å². The number of fused-ring (bicyclic) bond motifs is 2. The fraction of sp³-hybridized carbons (Fsp3) is 0.214. The minimum atomic E-state index is -0.352. The molecule has 0 bridgehead atoms. The number of ether oxygens (including phenoxy) is 1. The van der Waals surface area contributed by atoms with Crippen LogP contribution in [0, 0.1) is 5.92 Å². The molecule has 0 fully saturated rings. The molecule has 178 valence electrons. The number of allylic oxidation sites excluding steroid dienone is 2. The molecule has 2 atom stereocenters. The van der Waals surface area contributed by atoms with E-state index < -0.39 is 0 Å². The quantitative estimate of drug-likeness (QED) is 0.454. The van der Waals surface area contributed by atoms with Crippen molar-refractivity contribution in [2.75, 3.05) is 13.1 Å². The van der Waals surface area contributed by atoms with E-state index in [0.29, 0.717) is 35.5 Å². The third-order valence-corrected chi connectivity index (χ3v) is 8.08. The largest absolute Gasteiger partial charge is 0.485 e. The van der Waals surface area contributed by atoms with E-state index >= 15 is 0 Å². The molecule has 0 saturated heterocycles. The Balaban J connectivity index is 1.31. The maximum absolute atomic E-state index is 13.1. The highest BCUT2D eigenvalue weighted by Gasteiger charge is 2.39. The zero-order valence-corrected chi connectivity index (χ0v) is 20.8. The van der Waals surface area contributed by atoms with Gasteiger partial charge in [0.1, 0.15) is 11.9 Å². The van der Waals surface area contributed by atoms with Gasteiger partial charge in [-0.3, -0.25) is 9.59 Å². The van der Waals surface area contributed by atoms with Gasteiger partial charge in [-0.25, -0.2) is 0 Å². The molecule has 1 aliphatic heterocycles. The van der Waals surface area contributed by atoms with E-state index in [9.17, 15) is 9.59 Å². The average molecular weight is 503 g/mol. The van der Waals surface area contributed by atoms with Gasteiger partial charge in [-0.15, -0.1) is 22.7 Å². The minimum Gasteiger partial charge on any atom is -0.485 e. The van der Waals surface area contributed by atoms with E-state index in [1.54, 1.807) is 28.7 Å². The SMILES string of the molecule is C=C1c2c(cccc2C(=O)NCCc2cccs2)OC2C=CC=C(C(=O)NCCc3cccs3)C12. The first-order valence-corrected chi connectivity index (χ1v) is 13.4. The molecule has 35 heavy (non-hydrogen) atoms. The lowest BCUT2D eigenvalue weighted by atomic mass is 9.77. The first-order chi connectivity index (χ1) is 17.1. The molecule has 2 unspecified atom stereocenters. The Morgan fingerprint density at radius 3 is 2.26 bits per heavy atom. The van der Waals surface area contributed by atoms with Gasteiger partial charge in [0, 0.05) is 34.0 Å². The number of benzene rings is 1. The molecule has 5 nitrogen and oxygen atoms in total. The van der Waals surface area contributed by atoms with Crippen molar-refractivity contribution in [1.29, 1.82) is 0 Å². The molecule has 7 heteroatoms. The molecular formula is C28H26N2O3S2. The number of hydrogen-bond donors (Lipinski definition) is 2. The standard InChI is InChI=1S/C28H26N2O3S2/c1-18-25-21(27(31)29-14-12-19-6-4-16-34-19)8-2-10-23(25)33-24-11-3-9-22(26(18)24)28(32)30-15-13-20-7-5-17-35-20/h2-11,16-17,23,25H,1,12-15H2,(H,29,31)(H,30,32). The van der Waals surface area contributed by atoms with Gasteiger partial charge < -0.3 is 15.4 Å². The number of rotatable bonds is 8. The molecule has 2 N–H and O–H groups in total. The van der Waals surface area contributed by atoms with Crippen LogP contribution in [-0.4, -0.2) is 31.0 Å². The Morgan fingerprint density at radius 1 is 0.914 bits per heavy atom. The van der Waals surface area contributed by atoms with Crippen LogP contribution >= 0.6 is 22.7 Å². The van der Waals surface area contributed by atoms with E-state index in [1.807, 2.05) is 53.3 Å². The topological polar surface area (TPSA) is 67.4 Å². The Bertz CT molecular complexity index is 1290. The summed E-state index contributed by atoms with van der Waals surface area (Å²) < 4.78 is 6.26. The van der Waals surface area contributed by atoms with E-state index in [2.05, 4.69) is 29.3 Å². The van der Waals surface area contributed by atoms with Crippen molar-refractivity contribution in [3.8, 4) is 5.75 Å². The molecule has 1 aromatic carbocycles. The lowest BCUT2D eigenvalue weighted by molar-refractivity contribution is -0.118. The third-order valence-electron chi connectivity index (χ3n) is 6.21. The second kappa shape index (κ2) is 10.5. The summed E-state index contributed by atoms with van der Waals surface area (Å²) >= 11 is 3.36. The van der Waals surface area contributed by atoms with Gasteiger partial charge in [0.2, 0.25) is 5.91 Å². The maximum Gasteiger partial charge on any atom is 0.252 e. The maximum atomic E-state index is 13.1. The normalized spacial score (nSPS) is 18.2. The average Bonchev–Trinajstić information content (AvgIpc) is 3.58. The number of thiophene rings is 2. The Morgan fingerprint density at radius 2 is 1.60 bits per heavy atom. The van der Waals surface area contributed by atoms with Gasteiger partial charge >= 0.3 is 0 Å². The highest BCUT2D eigenvalue weighted by molar-refractivity contribution is 7.10. The zero-order chi connectivity index (χ0) is 24.2. The lowest BCUT2D eigenvalue weighted by Crippen LogP contribution is -2.40. The third kappa shape index (κ3) is 5.01. The zero-order valence-electron chi connectivity index (χ0n) is 19.2. The van der Waals surface area contributed by atoms with Crippen molar-refractivity contribution in [1.82, 2.24) is 10.6 Å². The molecule has 3 heterocycles. The Labute approximate surface area is 212 Å². The minimum absolute atomic E-state index is 0.132. The fourth-order valence-corrected chi connectivity index (χ4v) is 5.95. The van der Waals surface area contributed by atoms with Gasteiger partial charge in [0.25, 0.3) is 5.91 Å². The summed E-state index contributed by atoms with van der Waals surface area (Å²) in [5.41, 5.74) is 2.52. The second-order valence-corrected chi connectivity index (χ2v) is 10.5. The van der Waals surface area contributed by atoms with Crippen LogP contribution in [0.3, 0.4) is 0 Å². The van der Waals surface area contributed by atoms with Crippen LogP contribution in [0.5, 0.6) is 5.75 Å². The number of amides is 2. The van der Waals surface area contributed by atoms with E-state index in [4.69, 9.17) is 4.74 Å². The summed E-state index contributed by atoms with van der Waals surface area (Å²) in [6, 6.07) is 13.6. The van der Waals surface area contributed by atoms with Crippen molar-refractivity contribution in [3.05, 3.63) is 104 Å². The Kier molecular flexibility index (Phi) is 6.97. The summed E-state index contributed by atoms with van der Waals surface area (Å²) in [5.74, 6) is -0.0358. The summed E-state index contributed by atoms with van der Waals surface area (Å²) in [6.07, 6.45) is 6.85. The summed E-state index contributed by atoms with van der Waals surface area (Å²) in [5, 5.41) is 10.1. The second-order valence-electron chi connectivity index (χ2n) is 8.44. The predicted octanol–water partition coefficient (Wildman–Crippen LogP) is 5.03. The summed E-state index contributed by atoms with van der Waals surface area (Å²) in [6.45, 7) is 5.45. The predicted molar refractivity (Wildman–Crippen MR) is 142 cm³/mol. The van der Waals surface area contributed by atoms with Crippen LogP contribution < -0.4 is 15.4 Å². The van der Waals surface area contributed by atoms with Gasteiger partial charge in [0.15, 0.2) is 0 Å². The van der Waals surface area contributed by atoms with Gasteiger partial charge in [-0.2, -0.15) is 0 Å². The van der Waals surface area contributed by atoms with Crippen molar-refractivity contribution >= 4 is 40.1 Å². The molecule has 0 radical (unpaired) electrons. The van der Waals surface area contributed by atoms with Crippen molar-refractivity contribution < 1.29 is 14.3 Å². The highest BCUT2D eigenvalue weighted by atomic mass is 32.1. The molecule has 2 amide bonds. The number of carbonyl (C=O) groups is 2. The van der Waals surface area contributed by atoms with E-state index in [-0.39, 0.29) is 23.8 Å². The van der Waals surface area contributed by atoms with Crippen LogP contribution in [0.15, 0.2) is 83.6 Å². The van der Waals surface area contributed by atoms with Crippen LogP contribution in [0.4, 0.5) is 0 Å². The Hall–Kier alpha value is -3.42. The molecule has 1 aliphatic carbocycles. The van der Waals surface area contributed by atoms with Crippen molar-refractivity contribution in [2.45, 2.75) is 18.9 Å². The lowest BCUT2D eigenvalue weighted by Gasteiger charge is -2.37. The number of hydrogen-bond acceptors (Lipinski definition) is 5. The molecule has 3 aromatic rings.